The minimum absolute atomic E-state index is 0.470. The Labute approximate surface area is 115 Å². The first-order valence-corrected chi connectivity index (χ1v) is 7.13. The van der Waals surface area contributed by atoms with Gasteiger partial charge in [-0.1, -0.05) is 12.5 Å². The number of thiophene rings is 1. The number of nitrogens with zero attached hydrogens (tertiary/aromatic N) is 1. The van der Waals surface area contributed by atoms with Crippen LogP contribution in [0.1, 0.15) is 30.2 Å². The van der Waals surface area contributed by atoms with Gasteiger partial charge in [-0.3, -0.25) is 5.43 Å². The number of carboxylic acid groups (broad SMARTS) is 1. The fourth-order valence-corrected chi connectivity index (χ4v) is 2.79. The average Bonchev–Trinajstić information content (AvgIpc) is 2.90. The molecule has 0 bridgehead atoms. The highest BCUT2D eigenvalue weighted by molar-refractivity contribution is 7.10. The molecule has 1 aromatic rings. The first-order valence-electron chi connectivity index (χ1n) is 6.25. The Bertz CT molecular complexity index is 429. The van der Waals surface area contributed by atoms with Crippen molar-refractivity contribution in [3.8, 4) is 0 Å². The second-order valence-electron chi connectivity index (χ2n) is 4.42. The number of piperidine rings is 1. The number of carbonyl (C=O) groups is 2. The maximum atomic E-state index is 11.8. The van der Waals surface area contributed by atoms with Crippen LogP contribution in [0.4, 0.5) is 4.79 Å². The van der Waals surface area contributed by atoms with Gasteiger partial charge >= 0.3 is 12.0 Å². The molecule has 19 heavy (non-hydrogen) atoms. The van der Waals surface area contributed by atoms with Crippen molar-refractivity contribution < 1.29 is 14.7 Å². The lowest BCUT2D eigenvalue weighted by Crippen LogP contribution is -2.50. The van der Waals surface area contributed by atoms with Crippen LogP contribution < -0.4 is 10.7 Å². The molecule has 3 N–H and O–H groups in total. The van der Waals surface area contributed by atoms with E-state index in [9.17, 15) is 9.59 Å². The highest BCUT2D eigenvalue weighted by atomic mass is 32.1. The number of amides is 2. The zero-order valence-electron chi connectivity index (χ0n) is 10.5. The van der Waals surface area contributed by atoms with Gasteiger partial charge in [0.15, 0.2) is 6.04 Å². The van der Waals surface area contributed by atoms with E-state index >= 15 is 0 Å². The predicted octanol–water partition coefficient (Wildman–Crippen LogP) is 1.57. The summed E-state index contributed by atoms with van der Waals surface area (Å²) in [4.78, 5) is 23.6. The molecular formula is C12H17N3O3S. The van der Waals surface area contributed by atoms with Crippen LogP contribution in [0.25, 0.3) is 0 Å². The zero-order valence-corrected chi connectivity index (χ0v) is 11.3. The fraction of sp³-hybridized carbons (Fsp3) is 0.500. The quantitative estimate of drug-likeness (QED) is 0.783. The molecule has 0 radical (unpaired) electrons. The van der Waals surface area contributed by atoms with Gasteiger partial charge in [0, 0.05) is 18.0 Å². The van der Waals surface area contributed by atoms with Gasteiger partial charge in [0.2, 0.25) is 0 Å². The Morgan fingerprint density at radius 2 is 2.05 bits per heavy atom. The highest BCUT2D eigenvalue weighted by Gasteiger charge is 2.24. The van der Waals surface area contributed by atoms with E-state index in [1.807, 2.05) is 5.01 Å². The second-order valence-corrected chi connectivity index (χ2v) is 5.40. The van der Waals surface area contributed by atoms with Gasteiger partial charge in [-0.15, -0.1) is 11.3 Å². The molecule has 0 saturated carbocycles. The Kier molecular flexibility index (Phi) is 4.75. The van der Waals surface area contributed by atoms with Crippen molar-refractivity contribution in [1.82, 2.24) is 15.8 Å². The number of hydrazine groups is 1. The standard InChI is InChI=1S/C12H17N3O3S/c16-11(17)10(9-5-4-8-19-9)13-12(18)14-15-6-2-1-3-7-15/h4-5,8,10H,1-3,6-7H2,(H,16,17)(H2,13,14,18). The number of rotatable bonds is 4. The van der Waals surface area contributed by atoms with Gasteiger partial charge in [-0.05, 0) is 24.3 Å². The van der Waals surface area contributed by atoms with Crippen LogP contribution >= 0.6 is 11.3 Å². The Balaban J connectivity index is 1.90. The van der Waals surface area contributed by atoms with Crippen LogP contribution in [0.2, 0.25) is 0 Å². The van der Waals surface area contributed by atoms with Crippen LogP contribution in [0.5, 0.6) is 0 Å². The van der Waals surface area contributed by atoms with E-state index in [0.29, 0.717) is 4.88 Å². The third-order valence-electron chi connectivity index (χ3n) is 2.97. The normalized spacial score (nSPS) is 17.7. The van der Waals surface area contributed by atoms with Crippen LogP contribution in [0.15, 0.2) is 17.5 Å². The van der Waals surface area contributed by atoms with Crippen LogP contribution in [0, 0.1) is 0 Å². The number of urea groups is 1. The summed E-state index contributed by atoms with van der Waals surface area (Å²) in [6.45, 7) is 1.62. The second kappa shape index (κ2) is 6.53. The molecule has 1 aliphatic heterocycles. The van der Waals surface area contributed by atoms with E-state index in [1.54, 1.807) is 17.5 Å². The van der Waals surface area contributed by atoms with E-state index in [2.05, 4.69) is 10.7 Å². The number of nitrogens with one attached hydrogen (secondary N) is 2. The Morgan fingerprint density at radius 3 is 2.63 bits per heavy atom. The topological polar surface area (TPSA) is 81.7 Å². The highest BCUT2D eigenvalue weighted by Crippen LogP contribution is 2.19. The van der Waals surface area contributed by atoms with Gasteiger partial charge in [-0.25, -0.2) is 14.6 Å². The molecule has 104 valence electrons. The molecule has 2 rings (SSSR count). The minimum atomic E-state index is -1.06. The first kappa shape index (κ1) is 13.8. The smallest absolute Gasteiger partial charge is 0.331 e. The zero-order chi connectivity index (χ0) is 13.7. The molecule has 6 nitrogen and oxygen atoms in total. The number of carbonyl (C=O) groups excluding carboxylic acids is 1. The molecule has 7 heteroatoms. The lowest BCUT2D eigenvalue weighted by molar-refractivity contribution is -0.139. The summed E-state index contributed by atoms with van der Waals surface area (Å²) < 4.78 is 0. The van der Waals surface area contributed by atoms with Crippen molar-refractivity contribution in [3.63, 3.8) is 0 Å². The monoisotopic (exact) mass is 283 g/mol. The Hall–Kier alpha value is -1.60. The summed E-state index contributed by atoms with van der Waals surface area (Å²) in [5, 5.41) is 15.2. The maximum Gasteiger partial charge on any atom is 0.331 e. The number of hydrogen-bond acceptors (Lipinski definition) is 4. The van der Waals surface area contributed by atoms with Gasteiger partial charge in [0.1, 0.15) is 0 Å². The summed E-state index contributed by atoms with van der Waals surface area (Å²) in [7, 11) is 0. The predicted molar refractivity (Wildman–Crippen MR) is 71.8 cm³/mol. The van der Waals surface area contributed by atoms with Crippen molar-refractivity contribution in [2.75, 3.05) is 13.1 Å². The van der Waals surface area contributed by atoms with Crippen LogP contribution in [-0.2, 0) is 4.79 Å². The summed E-state index contributed by atoms with van der Waals surface area (Å²) in [6, 6.07) is 2.00. The molecule has 2 heterocycles. The number of aliphatic carboxylic acids is 1. The SMILES string of the molecule is O=C(NC(C(=O)O)c1cccs1)NN1CCCCC1. The molecule has 1 atom stereocenters. The Morgan fingerprint density at radius 1 is 1.32 bits per heavy atom. The number of hydrogen-bond donors (Lipinski definition) is 3. The molecule has 2 amide bonds. The molecule has 1 aliphatic rings. The summed E-state index contributed by atoms with van der Waals surface area (Å²) >= 11 is 1.31. The lowest BCUT2D eigenvalue weighted by atomic mass is 10.2. The average molecular weight is 283 g/mol. The minimum Gasteiger partial charge on any atom is -0.479 e. The largest absolute Gasteiger partial charge is 0.479 e. The van der Waals surface area contributed by atoms with E-state index in [1.165, 1.54) is 17.8 Å². The third kappa shape index (κ3) is 3.93. The van der Waals surface area contributed by atoms with Crippen LogP contribution in [0.3, 0.4) is 0 Å². The maximum absolute atomic E-state index is 11.8. The van der Waals surface area contributed by atoms with Crippen LogP contribution in [-0.4, -0.2) is 35.2 Å². The van der Waals surface area contributed by atoms with E-state index in [0.717, 1.165) is 25.9 Å². The van der Waals surface area contributed by atoms with Crippen molar-refractivity contribution in [2.45, 2.75) is 25.3 Å². The van der Waals surface area contributed by atoms with Gasteiger partial charge in [0.05, 0.1) is 0 Å². The molecule has 0 aliphatic carbocycles. The molecule has 1 aromatic heterocycles. The molecule has 0 spiro atoms. The molecule has 1 unspecified atom stereocenters. The van der Waals surface area contributed by atoms with Gasteiger partial charge in [-0.2, -0.15) is 0 Å². The summed E-state index contributed by atoms with van der Waals surface area (Å²) in [5.41, 5.74) is 2.69. The van der Waals surface area contributed by atoms with E-state index < -0.39 is 18.0 Å². The third-order valence-corrected chi connectivity index (χ3v) is 3.90. The molecule has 1 fully saturated rings. The van der Waals surface area contributed by atoms with Crippen molar-refractivity contribution >= 4 is 23.3 Å². The number of carboxylic acids is 1. The van der Waals surface area contributed by atoms with E-state index in [4.69, 9.17) is 5.11 Å². The van der Waals surface area contributed by atoms with Gasteiger partial charge in [0.25, 0.3) is 0 Å². The molecule has 0 aromatic carbocycles. The first-order chi connectivity index (χ1) is 9.16. The summed E-state index contributed by atoms with van der Waals surface area (Å²) in [6.07, 6.45) is 3.27. The summed E-state index contributed by atoms with van der Waals surface area (Å²) in [5.74, 6) is -1.06. The van der Waals surface area contributed by atoms with Crippen molar-refractivity contribution in [1.29, 1.82) is 0 Å². The fourth-order valence-electron chi connectivity index (χ4n) is 2.02. The van der Waals surface area contributed by atoms with Crippen molar-refractivity contribution in [2.24, 2.45) is 0 Å². The van der Waals surface area contributed by atoms with Crippen molar-refractivity contribution in [3.05, 3.63) is 22.4 Å². The van der Waals surface area contributed by atoms with E-state index in [-0.39, 0.29) is 0 Å². The molecule has 1 saturated heterocycles. The lowest BCUT2D eigenvalue weighted by Gasteiger charge is -2.27. The van der Waals surface area contributed by atoms with Gasteiger partial charge < -0.3 is 10.4 Å². The molecular weight excluding hydrogens is 266 g/mol.